The van der Waals surface area contributed by atoms with E-state index in [1.165, 1.54) is 23.5 Å². The lowest BCUT2D eigenvalue weighted by Crippen LogP contribution is -2.60. The van der Waals surface area contributed by atoms with Crippen molar-refractivity contribution in [2.75, 3.05) is 6.61 Å². The van der Waals surface area contributed by atoms with Gasteiger partial charge in [-0.3, -0.25) is 4.79 Å². The van der Waals surface area contributed by atoms with Gasteiger partial charge < -0.3 is 9.64 Å². The Morgan fingerprint density at radius 3 is 2.83 bits per heavy atom. The van der Waals surface area contributed by atoms with Crippen LogP contribution in [0.5, 0.6) is 5.88 Å². The second-order valence-electron chi connectivity index (χ2n) is 7.90. The molecule has 154 valence electrons. The van der Waals surface area contributed by atoms with Gasteiger partial charge in [-0.2, -0.15) is 0 Å². The van der Waals surface area contributed by atoms with Crippen molar-refractivity contribution in [1.29, 1.82) is 0 Å². The topological polar surface area (TPSA) is 68.2 Å². The lowest BCUT2D eigenvalue weighted by Gasteiger charge is -2.53. The molecule has 2 saturated heterocycles. The number of pyridine rings is 2. The quantitative estimate of drug-likeness (QED) is 0.616. The lowest BCUT2D eigenvalue weighted by atomic mass is 9.70. The van der Waals surface area contributed by atoms with Gasteiger partial charge in [0.1, 0.15) is 23.1 Å². The highest BCUT2D eigenvalue weighted by Gasteiger charge is 2.47. The van der Waals surface area contributed by atoms with Crippen LogP contribution in [0.25, 0.3) is 10.6 Å². The first-order chi connectivity index (χ1) is 14.6. The van der Waals surface area contributed by atoms with Gasteiger partial charge in [0.2, 0.25) is 5.88 Å². The Morgan fingerprint density at radius 2 is 2.10 bits per heavy atom. The standard InChI is InChI=1S/C22H21FN4O2S/c1-13-2-4-18(21-24-6-7-30-21)20(26-13)22(28)27-16-8-14(9-16)10-17(27)12-29-19-5-3-15(23)11-25-19/h2-7,11,14,16-17H,8-10,12H2,1H3. The number of amides is 1. The van der Waals surface area contributed by atoms with Gasteiger partial charge in [-0.25, -0.2) is 19.3 Å². The van der Waals surface area contributed by atoms with Crippen molar-refractivity contribution >= 4 is 17.2 Å². The smallest absolute Gasteiger partial charge is 0.273 e. The van der Waals surface area contributed by atoms with Crippen LogP contribution in [0, 0.1) is 18.7 Å². The predicted octanol–water partition coefficient (Wildman–Crippen LogP) is 4.12. The van der Waals surface area contributed by atoms with E-state index in [1.807, 2.05) is 29.3 Å². The van der Waals surface area contributed by atoms with Crippen molar-refractivity contribution in [1.82, 2.24) is 19.9 Å². The fraction of sp³-hybridized carbons (Fsp3) is 0.364. The molecule has 1 saturated carbocycles. The summed E-state index contributed by atoms with van der Waals surface area (Å²) in [5.74, 6) is 0.504. The number of aryl methyl sites for hydroxylation is 1. The molecular formula is C22H21FN4O2S. The SMILES string of the molecule is Cc1ccc(-c2nccs2)c(C(=O)N2C(COc3ccc(F)cn3)CC3CC2C3)n1. The molecular weight excluding hydrogens is 403 g/mol. The van der Waals surface area contributed by atoms with Crippen molar-refractivity contribution in [3.8, 4) is 16.5 Å². The van der Waals surface area contributed by atoms with Gasteiger partial charge in [0.05, 0.1) is 12.2 Å². The van der Waals surface area contributed by atoms with Crippen molar-refractivity contribution < 1.29 is 13.9 Å². The number of hydrogen-bond acceptors (Lipinski definition) is 6. The first-order valence-corrected chi connectivity index (χ1v) is 10.9. The van der Waals surface area contributed by atoms with Crippen LogP contribution in [0.1, 0.15) is 35.4 Å². The van der Waals surface area contributed by atoms with Gasteiger partial charge in [0.15, 0.2) is 0 Å². The third-order valence-electron chi connectivity index (χ3n) is 5.86. The Bertz CT molecular complexity index is 1050. The van der Waals surface area contributed by atoms with Gasteiger partial charge in [0.25, 0.3) is 5.91 Å². The Kier molecular flexibility index (Phi) is 4.94. The highest BCUT2D eigenvalue weighted by molar-refractivity contribution is 7.13. The number of hydrogen-bond donors (Lipinski definition) is 0. The molecule has 6 rings (SSSR count). The van der Waals surface area contributed by atoms with Gasteiger partial charge in [0, 0.05) is 34.9 Å². The number of thiazole rings is 1. The molecule has 2 aliphatic heterocycles. The summed E-state index contributed by atoms with van der Waals surface area (Å²) in [4.78, 5) is 28.6. The Morgan fingerprint density at radius 1 is 1.23 bits per heavy atom. The second kappa shape index (κ2) is 7.75. The molecule has 30 heavy (non-hydrogen) atoms. The second-order valence-corrected chi connectivity index (χ2v) is 8.80. The van der Waals surface area contributed by atoms with E-state index < -0.39 is 5.82 Å². The first-order valence-electron chi connectivity index (χ1n) is 10.0. The number of carbonyl (C=O) groups excluding carboxylic acids is 1. The zero-order valence-corrected chi connectivity index (χ0v) is 17.3. The summed E-state index contributed by atoms with van der Waals surface area (Å²) in [5.41, 5.74) is 2.01. The van der Waals surface area contributed by atoms with Crippen molar-refractivity contribution in [3.63, 3.8) is 0 Å². The molecule has 0 N–H and O–H groups in total. The van der Waals surface area contributed by atoms with E-state index in [1.54, 1.807) is 6.20 Å². The van der Waals surface area contributed by atoms with Crippen molar-refractivity contribution in [2.24, 2.45) is 5.92 Å². The molecule has 0 aromatic carbocycles. The Hall–Kier alpha value is -2.87. The molecule has 1 aliphatic carbocycles. The molecule has 1 amide bonds. The minimum atomic E-state index is -0.404. The summed E-state index contributed by atoms with van der Waals surface area (Å²) in [6.07, 6.45) is 5.80. The fourth-order valence-corrected chi connectivity index (χ4v) is 5.06. The average Bonchev–Trinajstić information content (AvgIpc) is 3.26. The molecule has 3 aliphatic rings. The normalized spacial score (nSPS) is 22.5. The number of piperidine rings is 2. The number of rotatable bonds is 5. The van der Waals surface area contributed by atoms with Crippen LogP contribution in [0.15, 0.2) is 42.0 Å². The Balaban J connectivity index is 1.42. The van der Waals surface area contributed by atoms with Gasteiger partial charge in [-0.05, 0) is 50.3 Å². The van der Waals surface area contributed by atoms with Crippen LogP contribution in [0.2, 0.25) is 0 Å². The van der Waals surface area contributed by atoms with Crippen LogP contribution >= 0.6 is 11.3 Å². The zero-order valence-electron chi connectivity index (χ0n) is 16.5. The van der Waals surface area contributed by atoms with Crippen LogP contribution in [-0.2, 0) is 0 Å². The zero-order chi connectivity index (χ0) is 20.7. The predicted molar refractivity (Wildman–Crippen MR) is 111 cm³/mol. The average molecular weight is 425 g/mol. The minimum absolute atomic E-state index is 0.0617. The molecule has 5 heterocycles. The molecule has 6 nitrogen and oxygen atoms in total. The highest BCUT2D eigenvalue weighted by atomic mass is 32.1. The largest absolute Gasteiger partial charge is 0.475 e. The third-order valence-corrected chi connectivity index (χ3v) is 6.67. The van der Waals surface area contributed by atoms with E-state index in [-0.39, 0.29) is 18.0 Å². The first kappa shape index (κ1) is 19.1. The third kappa shape index (κ3) is 3.56. The summed E-state index contributed by atoms with van der Waals surface area (Å²) in [7, 11) is 0. The number of aromatic nitrogens is 3. The summed E-state index contributed by atoms with van der Waals surface area (Å²) < 4.78 is 18.9. The monoisotopic (exact) mass is 424 g/mol. The molecule has 3 aromatic rings. The molecule has 1 unspecified atom stereocenters. The molecule has 0 spiro atoms. The van der Waals surface area contributed by atoms with Gasteiger partial charge in [-0.1, -0.05) is 0 Å². The maximum Gasteiger partial charge on any atom is 0.273 e. The van der Waals surface area contributed by atoms with E-state index in [9.17, 15) is 9.18 Å². The minimum Gasteiger partial charge on any atom is -0.475 e. The van der Waals surface area contributed by atoms with Crippen LogP contribution in [0.3, 0.4) is 0 Å². The van der Waals surface area contributed by atoms with Crippen molar-refractivity contribution in [3.05, 3.63) is 59.2 Å². The summed E-state index contributed by atoms with van der Waals surface area (Å²) in [5, 5.41) is 2.69. The molecule has 0 radical (unpaired) electrons. The molecule has 3 aromatic heterocycles. The number of ether oxygens (including phenoxy) is 1. The lowest BCUT2D eigenvalue weighted by molar-refractivity contribution is -0.0313. The highest BCUT2D eigenvalue weighted by Crippen LogP contribution is 2.44. The fourth-order valence-electron chi connectivity index (χ4n) is 4.40. The van der Waals surface area contributed by atoms with Gasteiger partial charge >= 0.3 is 0 Å². The molecule has 1 atom stereocenters. The van der Waals surface area contributed by atoms with E-state index in [0.717, 1.165) is 41.7 Å². The van der Waals surface area contributed by atoms with E-state index in [4.69, 9.17) is 4.74 Å². The summed E-state index contributed by atoms with van der Waals surface area (Å²) in [6, 6.07) is 6.81. The molecule has 2 bridgehead atoms. The van der Waals surface area contributed by atoms with E-state index >= 15 is 0 Å². The maximum absolute atomic E-state index is 13.7. The maximum atomic E-state index is 13.7. The summed E-state index contributed by atoms with van der Waals surface area (Å²) in [6.45, 7) is 2.22. The van der Waals surface area contributed by atoms with Gasteiger partial charge in [-0.15, -0.1) is 11.3 Å². The van der Waals surface area contributed by atoms with Crippen LogP contribution in [-0.4, -0.2) is 44.4 Å². The van der Waals surface area contributed by atoms with E-state index in [0.29, 0.717) is 24.1 Å². The Labute approximate surface area is 177 Å². The number of nitrogens with zero attached hydrogens (tertiary/aromatic N) is 4. The van der Waals surface area contributed by atoms with Crippen LogP contribution < -0.4 is 4.74 Å². The van der Waals surface area contributed by atoms with E-state index in [2.05, 4.69) is 15.0 Å². The number of fused-ring (bicyclic) bond motifs is 2. The van der Waals surface area contributed by atoms with Crippen LogP contribution in [0.4, 0.5) is 4.39 Å². The van der Waals surface area contributed by atoms with Crippen molar-refractivity contribution in [2.45, 2.75) is 38.3 Å². The molecule has 3 fully saturated rings. The number of carbonyl (C=O) groups is 1. The number of halogens is 1. The summed E-state index contributed by atoms with van der Waals surface area (Å²) >= 11 is 1.49. The molecule has 8 heteroatoms.